The van der Waals surface area contributed by atoms with Gasteiger partial charge in [-0.1, -0.05) is 30.3 Å². The van der Waals surface area contributed by atoms with Crippen LogP contribution in [-0.2, 0) is 22.7 Å². The number of hydrogen-bond donors (Lipinski definition) is 2. The highest BCUT2D eigenvalue weighted by Crippen LogP contribution is 2.34. The third-order valence-corrected chi connectivity index (χ3v) is 6.04. The van der Waals surface area contributed by atoms with Crippen molar-refractivity contribution in [3.63, 3.8) is 0 Å². The second-order valence-electron chi connectivity index (χ2n) is 6.99. The topological polar surface area (TPSA) is 58.5 Å². The lowest BCUT2D eigenvalue weighted by Crippen LogP contribution is -2.48. The van der Waals surface area contributed by atoms with Crippen molar-refractivity contribution in [3.8, 4) is 0 Å². The zero-order chi connectivity index (χ0) is 20.7. The Labute approximate surface area is 172 Å². The number of halogens is 3. The number of nitrogens with one attached hydrogen (secondary N) is 2. The first-order chi connectivity index (χ1) is 13.9. The van der Waals surface area contributed by atoms with Crippen LogP contribution in [0.2, 0.25) is 0 Å². The van der Waals surface area contributed by atoms with Gasteiger partial charge in [0, 0.05) is 50.6 Å². The number of ether oxygens (including phenoxy) is 1. The van der Waals surface area contributed by atoms with Crippen LogP contribution in [0.3, 0.4) is 0 Å². The molecule has 3 rings (SSSR count). The zero-order valence-electron chi connectivity index (χ0n) is 16.3. The maximum Gasteiger partial charge on any atom is 0.434 e. The Morgan fingerprint density at radius 2 is 1.93 bits per heavy atom. The summed E-state index contributed by atoms with van der Waals surface area (Å²) in [5.74, 6) is 0.624. The molecule has 0 amide bonds. The minimum atomic E-state index is -4.39. The number of aliphatic imine (C=N–C) groups is 1. The van der Waals surface area contributed by atoms with E-state index in [1.807, 2.05) is 18.2 Å². The molecule has 9 heteroatoms. The first kappa shape index (κ1) is 21.6. The lowest BCUT2D eigenvalue weighted by Gasteiger charge is -2.38. The van der Waals surface area contributed by atoms with Gasteiger partial charge in [-0.15, -0.1) is 11.3 Å². The second kappa shape index (κ2) is 9.58. The normalized spacial score (nSPS) is 17.2. The molecule has 0 atom stereocenters. The summed E-state index contributed by atoms with van der Waals surface area (Å²) in [6, 6.07) is 10.4. The number of alkyl halides is 3. The summed E-state index contributed by atoms with van der Waals surface area (Å²) >= 11 is 1.02. The number of rotatable bonds is 6. The smallest absolute Gasteiger partial charge is 0.381 e. The van der Waals surface area contributed by atoms with E-state index < -0.39 is 11.9 Å². The summed E-state index contributed by atoms with van der Waals surface area (Å²) in [7, 11) is 1.68. The SMILES string of the molecule is CN=C(NCCc1nc(C(F)(F)F)cs1)NCC1(c2ccccc2)CCOCC1. The van der Waals surface area contributed by atoms with Crippen LogP contribution in [0.25, 0.3) is 0 Å². The Bertz CT molecular complexity index is 802. The fourth-order valence-corrected chi connectivity index (χ4v) is 4.24. The van der Waals surface area contributed by atoms with Crippen molar-refractivity contribution in [3.05, 3.63) is 52.0 Å². The Morgan fingerprint density at radius 1 is 1.21 bits per heavy atom. The number of thiazole rings is 1. The molecule has 158 valence electrons. The van der Waals surface area contributed by atoms with Crippen LogP contribution in [0.15, 0.2) is 40.7 Å². The summed E-state index contributed by atoms with van der Waals surface area (Å²) in [6.07, 6.45) is -2.16. The molecule has 0 radical (unpaired) electrons. The molecule has 2 aromatic rings. The molecule has 2 heterocycles. The lowest BCUT2D eigenvalue weighted by atomic mass is 9.74. The average molecular weight is 427 g/mol. The van der Waals surface area contributed by atoms with E-state index in [-0.39, 0.29) is 5.41 Å². The first-order valence-electron chi connectivity index (χ1n) is 9.52. The molecule has 1 aromatic carbocycles. The van der Waals surface area contributed by atoms with E-state index in [2.05, 4.69) is 32.7 Å². The number of hydrogen-bond acceptors (Lipinski definition) is 4. The van der Waals surface area contributed by atoms with Crippen molar-refractivity contribution >= 4 is 17.3 Å². The third kappa shape index (κ3) is 5.70. The molecule has 0 spiro atoms. The quantitative estimate of drug-likeness (QED) is 0.547. The van der Waals surface area contributed by atoms with Gasteiger partial charge in [0.1, 0.15) is 0 Å². The lowest BCUT2D eigenvalue weighted by molar-refractivity contribution is -0.140. The van der Waals surface area contributed by atoms with E-state index in [1.165, 1.54) is 5.56 Å². The summed E-state index contributed by atoms with van der Waals surface area (Å²) in [6.45, 7) is 2.59. The van der Waals surface area contributed by atoms with Gasteiger partial charge in [-0.2, -0.15) is 13.2 Å². The highest BCUT2D eigenvalue weighted by atomic mass is 32.1. The van der Waals surface area contributed by atoms with Crippen molar-refractivity contribution in [2.45, 2.75) is 30.9 Å². The Balaban J connectivity index is 1.54. The molecule has 1 aromatic heterocycles. The van der Waals surface area contributed by atoms with Gasteiger partial charge in [0.25, 0.3) is 0 Å². The average Bonchev–Trinajstić information content (AvgIpc) is 3.21. The van der Waals surface area contributed by atoms with Gasteiger partial charge in [-0.3, -0.25) is 4.99 Å². The fraction of sp³-hybridized carbons (Fsp3) is 0.500. The van der Waals surface area contributed by atoms with Crippen molar-refractivity contribution in [2.24, 2.45) is 4.99 Å². The van der Waals surface area contributed by atoms with Crippen LogP contribution in [0.4, 0.5) is 13.2 Å². The largest absolute Gasteiger partial charge is 0.434 e. The molecular weight excluding hydrogens is 401 g/mol. The van der Waals surface area contributed by atoms with E-state index in [9.17, 15) is 13.2 Å². The van der Waals surface area contributed by atoms with Gasteiger partial charge >= 0.3 is 6.18 Å². The molecule has 1 saturated heterocycles. The summed E-state index contributed by atoms with van der Waals surface area (Å²) < 4.78 is 43.5. The number of benzene rings is 1. The molecule has 0 saturated carbocycles. The van der Waals surface area contributed by atoms with Crippen molar-refractivity contribution < 1.29 is 17.9 Å². The standard InChI is InChI=1S/C20H25F3N4OS/c1-24-18(25-10-7-17-27-16(13-29-17)20(21,22)23)26-14-19(8-11-28-12-9-19)15-5-3-2-4-6-15/h2-6,13H,7-12,14H2,1H3,(H2,24,25,26). The molecule has 0 unspecified atom stereocenters. The van der Waals surface area contributed by atoms with E-state index in [1.54, 1.807) is 7.05 Å². The summed E-state index contributed by atoms with van der Waals surface area (Å²) in [4.78, 5) is 7.89. The maximum atomic E-state index is 12.6. The molecule has 1 aliphatic rings. The van der Waals surface area contributed by atoms with E-state index in [0.29, 0.717) is 43.7 Å². The van der Waals surface area contributed by atoms with Gasteiger partial charge < -0.3 is 15.4 Å². The predicted octanol–water partition coefficient (Wildman–Crippen LogP) is 3.62. The van der Waals surface area contributed by atoms with Crippen LogP contribution < -0.4 is 10.6 Å². The predicted molar refractivity (Wildman–Crippen MR) is 108 cm³/mol. The van der Waals surface area contributed by atoms with Crippen molar-refractivity contribution in [1.29, 1.82) is 0 Å². The fourth-order valence-electron chi connectivity index (χ4n) is 3.44. The highest BCUT2D eigenvalue weighted by Gasteiger charge is 2.35. The Kier molecular flexibility index (Phi) is 7.13. The van der Waals surface area contributed by atoms with Gasteiger partial charge in [-0.05, 0) is 18.4 Å². The Hall–Kier alpha value is -2.13. The summed E-state index contributed by atoms with van der Waals surface area (Å²) in [5.41, 5.74) is 0.409. The van der Waals surface area contributed by atoms with Gasteiger partial charge in [0.05, 0.1) is 5.01 Å². The molecule has 2 N–H and O–H groups in total. The molecule has 29 heavy (non-hydrogen) atoms. The molecule has 0 aliphatic carbocycles. The van der Waals surface area contributed by atoms with Crippen LogP contribution in [0, 0.1) is 0 Å². The maximum absolute atomic E-state index is 12.6. The first-order valence-corrected chi connectivity index (χ1v) is 10.4. The highest BCUT2D eigenvalue weighted by molar-refractivity contribution is 7.09. The van der Waals surface area contributed by atoms with Crippen LogP contribution in [0.1, 0.15) is 29.1 Å². The molecule has 5 nitrogen and oxygen atoms in total. The number of aromatic nitrogens is 1. The molecular formula is C20H25F3N4OS. The molecule has 0 bridgehead atoms. The third-order valence-electron chi connectivity index (χ3n) is 5.13. The van der Waals surface area contributed by atoms with E-state index >= 15 is 0 Å². The van der Waals surface area contributed by atoms with Crippen LogP contribution in [0.5, 0.6) is 0 Å². The van der Waals surface area contributed by atoms with Crippen LogP contribution >= 0.6 is 11.3 Å². The van der Waals surface area contributed by atoms with Crippen LogP contribution in [-0.4, -0.2) is 44.3 Å². The van der Waals surface area contributed by atoms with Gasteiger partial charge in [-0.25, -0.2) is 4.98 Å². The molecule has 1 aliphatic heterocycles. The molecule has 1 fully saturated rings. The van der Waals surface area contributed by atoms with E-state index in [0.717, 1.165) is 29.6 Å². The van der Waals surface area contributed by atoms with Gasteiger partial charge in [0.15, 0.2) is 11.7 Å². The number of nitrogens with zero attached hydrogens (tertiary/aromatic N) is 2. The monoisotopic (exact) mass is 426 g/mol. The van der Waals surface area contributed by atoms with Crippen molar-refractivity contribution in [1.82, 2.24) is 15.6 Å². The Morgan fingerprint density at radius 3 is 2.55 bits per heavy atom. The zero-order valence-corrected chi connectivity index (χ0v) is 17.1. The minimum absolute atomic E-state index is 0.0337. The van der Waals surface area contributed by atoms with E-state index in [4.69, 9.17) is 4.74 Å². The summed E-state index contributed by atoms with van der Waals surface area (Å²) in [5, 5.41) is 8.05. The number of guanidine groups is 1. The van der Waals surface area contributed by atoms with Gasteiger partial charge in [0.2, 0.25) is 0 Å². The minimum Gasteiger partial charge on any atom is -0.381 e. The second-order valence-corrected chi connectivity index (χ2v) is 7.93. The van der Waals surface area contributed by atoms with Crippen molar-refractivity contribution in [2.75, 3.05) is 33.4 Å².